The fourth-order valence-electron chi connectivity index (χ4n) is 3.14. The largest absolute Gasteiger partial charge is 0.384 e. The number of nitrogens with zero attached hydrogens (tertiary/aromatic N) is 3. The number of benzene rings is 2. The number of hydrogen-bond acceptors (Lipinski definition) is 4. The van der Waals surface area contributed by atoms with Gasteiger partial charge in [0.15, 0.2) is 5.65 Å². The van der Waals surface area contributed by atoms with Gasteiger partial charge in [-0.3, -0.25) is 0 Å². The highest BCUT2D eigenvalue weighted by Gasteiger charge is 2.23. The van der Waals surface area contributed by atoms with Gasteiger partial charge in [0.05, 0.1) is 0 Å². The van der Waals surface area contributed by atoms with Crippen molar-refractivity contribution in [1.29, 1.82) is 0 Å². The summed E-state index contributed by atoms with van der Waals surface area (Å²) >= 11 is 0. The van der Waals surface area contributed by atoms with Crippen molar-refractivity contribution in [2.45, 2.75) is 12.3 Å². The zero-order valence-electron chi connectivity index (χ0n) is 13.4. The van der Waals surface area contributed by atoms with Crippen LogP contribution in [-0.4, -0.2) is 20.4 Å². The minimum atomic E-state index is -0.254. The average molecular weight is 333 g/mol. The smallest absolute Gasteiger partial charge is 0.178 e. The molecule has 4 aromatic rings. The van der Waals surface area contributed by atoms with Crippen LogP contribution >= 0.6 is 0 Å². The molecule has 2 heterocycles. The molecule has 2 aromatic carbocycles. The van der Waals surface area contributed by atoms with Crippen LogP contribution in [0.2, 0.25) is 0 Å². The maximum Gasteiger partial charge on any atom is 0.178 e. The van der Waals surface area contributed by atoms with Crippen LogP contribution < -0.4 is 5.73 Å². The second kappa shape index (κ2) is 6.32. The number of aromatic amines is 1. The van der Waals surface area contributed by atoms with E-state index in [1.54, 1.807) is 18.2 Å². The van der Waals surface area contributed by atoms with Crippen LogP contribution in [0, 0.1) is 5.82 Å². The van der Waals surface area contributed by atoms with Gasteiger partial charge < -0.3 is 5.73 Å². The second-order valence-corrected chi connectivity index (χ2v) is 5.91. The lowest BCUT2D eigenvalue weighted by Crippen LogP contribution is -2.09. The fraction of sp³-hybridized carbons (Fsp3) is 0.105. The molecule has 0 aliphatic heterocycles. The van der Waals surface area contributed by atoms with E-state index in [1.165, 1.54) is 6.07 Å². The van der Waals surface area contributed by atoms with Crippen molar-refractivity contribution in [1.82, 2.24) is 20.4 Å². The predicted molar refractivity (Wildman–Crippen MR) is 94.5 cm³/mol. The van der Waals surface area contributed by atoms with Gasteiger partial charge in [-0.05, 0) is 35.2 Å². The summed E-state index contributed by atoms with van der Waals surface area (Å²) in [6, 6.07) is 18.5. The Bertz CT molecular complexity index is 1010. The third kappa shape index (κ3) is 2.94. The van der Waals surface area contributed by atoms with E-state index in [1.807, 2.05) is 36.4 Å². The third-order valence-corrected chi connectivity index (χ3v) is 4.29. The van der Waals surface area contributed by atoms with Crippen LogP contribution in [0.3, 0.4) is 0 Å². The number of fused-ring (bicyclic) bond motifs is 1. The molecule has 0 amide bonds. The van der Waals surface area contributed by atoms with Gasteiger partial charge in [0, 0.05) is 5.92 Å². The molecule has 0 radical (unpaired) electrons. The Hall–Kier alpha value is -3.28. The molecule has 0 spiro atoms. The molecule has 6 heteroatoms. The van der Waals surface area contributed by atoms with Crippen molar-refractivity contribution < 1.29 is 4.39 Å². The lowest BCUT2D eigenvalue weighted by atomic mass is 9.85. The Morgan fingerprint density at radius 2 is 1.76 bits per heavy atom. The number of hydrogen-bond donors (Lipinski definition) is 2. The summed E-state index contributed by atoms with van der Waals surface area (Å²) in [6.07, 6.45) is 0.618. The van der Waals surface area contributed by atoms with Crippen LogP contribution in [0.15, 0.2) is 60.7 Å². The first-order chi connectivity index (χ1) is 12.2. The van der Waals surface area contributed by atoms with E-state index in [0.29, 0.717) is 29.0 Å². The first-order valence-electron chi connectivity index (χ1n) is 7.98. The van der Waals surface area contributed by atoms with Gasteiger partial charge in [-0.1, -0.05) is 53.7 Å². The predicted octanol–water partition coefficient (Wildman–Crippen LogP) is 3.45. The molecule has 0 saturated heterocycles. The first kappa shape index (κ1) is 15.3. The summed E-state index contributed by atoms with van der Waals surface area (Å²) in [4.78, 5) is 4.21. The zero-order chi connectivity index (χ0) is 17.2. The maximum atomic E-state index is 14.6. The maximum absolute atomic E-state index is 14.6. The van der Waals surface area contributed by atoms with E-state index >= 15 is 0 Å². The summed E-state index contributed by atoms with van der Waals surface area (Å²) < 4.78 is 14.6. The molecule has 1 atom stereocenters. The van der Waals surface area contributed by atoms with E-state index in [2.05, 4.69) is 20.4 Å². The number of pyridine rings is 1. The van der Waals surface area contributed by atoms with Crippen molar-refractivity contribution in [3.8, 4) is 0 Å². The van der Waals surface area contributed by atoms with Crippen LogP contribution in [0.4, 0.5) is 10.2 Å². The number of nitrogens with two attached hydrogens (primary N) is 1. The molecule has 0 aliphatic carbocycles. The molecular formula is C19H16FN5. The highest BCUT2D eigenvalue weighted by atomic mass is 19.1. The van der Waals surface area contributed by atoms with Gasteiger partial charge in [0.2, 0.25) is 0 Å². The van der Waals surface area contributed by atoms with Crippen molar-refractivity contribution >= 4 is 17.0 Å². The lowest BCUT2D eigenvalue weighted by Gasteiger charge is -2.19. The van der Waals surface area contributed by atoms with Gasteiger partial charge >= 0.3 is 0 Å². The first-order valence-corrected chi connectivity index (χ1v) is 7.98. The number of anilines is 1. The van der Waals surface area contributed by atoms with E-state index in [0.717, 1.165) is 11.1 Å². The molecule has 4 rings (SSSR count). The van der Waals surface area contributed by atoms with Crippen molar-refractivity contribution in [3.63, 3.8) is 0 Å². The normalized spacial score (nSPS) is 12.4. The minimum absolute atomic E-state index is 0.249. The summed E-state index contributed by atoms with van der Waals surface area (Å²) in [6.45, 7) is 0. The Morgan fingerprint density at radius 1 is 1.00 bits per heavy atom. The molecule has 2 aromatic heterocycles. The monoisotopic (exact) mass is 333 g/mol. The van der Waals surface area contributed by atoms with Crippen LogP contribution in [-0.2, 0) is 6.42 Å². The molecule has 124 valence electrons. The summed E-state index contributed by atoms with van der Waals surface area (Å²) in [5.74, 6) is -0.153. The molecule has 3 N–H and O–H groups in total. The topological polar surface area (TPSA) is 80.5 Å². The number of aromatic nitrogens is 4. The standard InChI is InChI=1S/C19H16FN5/c20-16-9-5-4-8-13(16)14(10-12-6-2-1-3-7-12)15-11-17(21)22-19-18(15)23-25-24-19/h1-9,11,14H,10H2,(H3,21,22,23,24,25). The lowest BCUT2D eigenvalue weighted by molar-refractivity contribution is 0.595. The van der Waals surface area contributed by atoms with Gasteiger partial charge in [-0.15, -0.1) is 5.10 Å². The van der Waals surface area contributed by atoms with Gasteiger partial charge in [-0.2, -0.15) is 0 Å². The second-order valence-electron chi connectivity index (χ2n) is 5.91. The average Bonchev–Trinajstić information content (AvgIpc) is 3.09. The van der Waals surface area contributed by atoms with Crippen LogP contribution in [0.5, 0.6) is 0 Å². The Balaban J connectivity index is 1.90. The highest BCUT2D eigenvalue weighted by molar-refractivity contribution is 5.77. The van der Waals surface area contributed by atoms with Gasteiger partial charge in [0.1, 0.15) is 17.2 Å². The molecular weight excluding hydrogens is 317 g/mol. The Kier molecular flexibility index (Phi) is 3.85. The number of rotatable bonds is 4. The highest BCUT2D eigenvalue weighted by Crippen LogP contribution is 2.34. The molecule has 0 fully saturated rings. The van der Waals surface area contributed by atoms with Crippen molar-refractivity contribution in [2.24, 2.45) is 0 Å². The van der Waals surface area contributed by atoms with Crippen molar-refractivity contribution in [3.05, 3.63) is 83.2 Å². The van der Waals surface area contributed by atoms with Crippen molar-refractivity contribution in [2.75, 3.05) is 5.73 Å². The molecule has 25 heavy (non-hydrogen) atoms. The molecule has 0 bridgehead atoms. The molecule has 1 unspecified atom stereocenters. The quantitative estimate of drug-likeness (QED) is 0.599. The van der Waals surface area contributed by atoms with E-state index in [9.17, 15) is 4.39 Å². The number of nitrogens with one attached hydrogen (secondary N) is 1. The zero-order valence-corrected chi connectivity index (χ0v) is 13.4. The van der Waals surface area contributed by atoms with E-state index < -0.39 is 0 Å². The Labute approximate surface area is 143 Å². The van der Waals surface area contributed by atoms with Gasteiger partial charge in [-0.25, -0.2) is 14.5 Å². The van der Waals surface area contributed by atoms with E-state index in [-0.39, 0.29) is 11.7 Å². The SMILES string of the molecule is Nc1cc(C(Cc2ccccc2)c2ccccc2F)c2nn[nH]c2n1. The molecule has 0 aliphatic rings. The minimum Gasteiger partial charge on any atom is -0.384 e. The summed E-state index contributed by atoms with van der Waals surface area (Å²) in [5, 5.41) is 10.7. The van der Waals surface area contributed by atoms with Gasteiger partial charge in [0.25, 0.3) is 0 Å². The number of H-pyrrole nitrogens is 1. The van der Waals surface area contributed by atoms with E-state index in [4.69, 9.17) is 5.73 Å². The number of halogens is 1. The molecule has 5 nitrogen and oxygen atoms in total. The van der Waals surface area contributed by atoms with Crippen LogP contribution in [0.25, 0.3) is 11.2 Å². The number of nitrogen functional groups attached to an aromatic ring is 1. The Morgan fingerprint density at radius 3 is 2.56 bits per heavy atom. The fourth-order valence-corrected chi connectivity index (χ4v) is 3.14. The third-order valence-electron chi connectivity index (χ3n) is 4.29. The summed E-state index contributed by atoms with van der Waals surface area (Å²) in [5.41, 5.74) is 9.57. The molecule has 0 saturated carbocycles. The summed E-state index contributed by atoms with van der Waals surface area (Å²) in [7, 11) is 0. The van der Waals surface area contributed by atoms with Crippen LogP contribution in [0.1, 0.15) is 22.6 Å².